The summed E-state index contributed by atoms with van der Waals surface area (Å²) in [5.41, 5.74) is 3.88. The summed E-state index contributed by atoms with van der Waals surface area (Å²) < 4.78 is 36.9. The predicted octanol–water partition coefficient (Wildman–Crippen LogP) is 4.23. The molecule has 0 saturated heterocycles. The van der Waals surface area contributed by atoms with Crippen LogP contribution in [0.15, 0.2) is 59.5 Å². The van der Waals surface area contributed by atoms with Gasteiger partial charge in [0.05, 0.1) is 19.0 Å². The summed E-state index contributed by atoms with van der Waals surface area (Å²) in [5.74, 6) is 0.706. The van der Waals surface area contributed by atoms with Crippen molar-refractivity contribution in [2.24, 2.45) is 0 Å². The van der Waals surface area contributed by atoms with Crippen LogP contribution in [0.4, 0.5) is 5.69 Å². The summed E-state index contributed by atoms with van der Waals surface area (Å²) in [5, 5.41) is 0. The van der Waals surface area contributed by atoms with Crippen LogP contribution in [0.5, 0.6) is 5.75 Å². The van der Waals surface area contributed by atoms with E-state index in [1.807, 2.05) is 36.4 Å². The maximum absolute atomic E-state index is 12.5. The summed E-state index contributed by atoms with van der Waals surface area (Å²) in [7, 11) is -0.0108. The second-order valence-electron chi connectivity index (χ2n) is 8.09. The van der Waals surface area contributed by atoms with E-state index in [0.717, 1.165) is 41.4 Å². The van der Waals surface area contributed by atoms with Crippen molar-refractivity contribution in [3.05, 3.63) is 81.8 Å². The van der Waals surface area contributed by atoms with Crippen molar-refractivity contribution in [3.63, 3.8) is 0 Å². The standard InChI is InChI=1S/C25H26N2O5S/c1-31-23-18(9-6-17-7-10-20(11-8-17)27-33(3,29)30)15-19(21-5-4-14-26-24(21)28)16-22(23)25(32-2)12-13-25/h4-11,14-16,27H,12-13H2,1-3H3,(H,26,28). The zero-order valence-corrected chi connectivity index (χ0v) is 19.5. The van der Waals surface area contributed by atoms with Crippen molar-refractivity contribution in [3.8, 4) is 16.9 Å². The van der Waals surface area contributed by atoms with E-state index in [2.05, 4.69) is 9.71 Å². The third-order valence-corrected chi connectivity index (χ3v) is 6.31. The Labute approximate surface area is 193 Å². The van der Waals surface area contributed by atoms with E-state index in [4.69, 9.17) is 9.47 Å². The number of hydrogen-bond acceptors (Lipinski definition) is 5. The Morgan fingerprint density at radius 1 is 1.06 bits per heavy atom. The monoisotopic (exact) mass is 466 g/mol. The van der Waals surface area contributed by atoms with E-state index in [-0.39, 0.29) is 5.56 Å². The fourth-order valence-electron chi connectivity index (χ4n) is 3.91. The number of H-pyrrole nitrogens is 1. The average molecular weight is 467 g/mol. The normalized spacial score (nSPS) is 14.9. The fraction of sp³-hybridized carbons (Fsp3) is 0.240. The quantitative estimate of drug-likeness (QED) is 0.484. The van der Waals surface area contributed by atoms with E-state index in [0.29, 0.717) is 17.0 Å². The van der Waals surface area contributed by atoms with E-state index in [1.54, 1.807) is 44.7 Å². The van der Waals surface area contributed by atoms with Crippen LogP contribution in [0.2, 0.25) is 0 Å². The van der Waals surface area contributed by atoms with Crippen LogP contribution in [0.1, 0.15) is 29.5 Å². The molecule has 2 N–H and O–H groups in total. The molecule has 0 unspecified atom stereocenters. The van der Waals surface area contributed by atoms with Gasteiger partial charge in [0, 0.05) is 35.7 Å². The Balaban J connectivity index is 1.77. The van der Waals surface area contributed by atoms with E-state index >= 15 is 0 Å². The largest absolute Gasteiger partial charge is 0.496 e. The summed E-state index contributed by atoms with van der Waals surface area (Å²) in [6.07, 6.45) is 8.32. The highest BCUT2D eigenvalue weighted by atomic mass is 32.2. The molecule has 1 saturated carbocycles. The number of methoxy groups -OCH3 is 2. The van der Waals surface area contributed by atoms with E-state index < -0.39 is 15.6 Å². The van der Waals surface area contributed by atoms with Gasteiger partial charge in [-0.3, -0.25) is 9.52 Å². The second kappa shape index (κ2) is 8.88. The van der Waals surface area contributed by atoms with Crippen LogP contribution in [0.3, 0.4) is 0 Å². The molecular formula is C25H26N2O5S. The molecule has 0 bridgehead atoms. The lowest BCUT2D eigenvalue weighted by Gasteiger charge is -2.21. The number of sulfonamides is 1. The Hall–Kier alpha value is -3.36. The lowest BCUT2D eigenvalue weighted by atomic mass is 9.95. The van der Waals surface area contributed by atoms with Gasteiger partial charge in [-0.25, -0.2) is 8.42 Å². The maximum Gasteiger partial charge on any atom is 0.255 e. The predicted molar refractivity (Wildman–Crippen MR) is 131 cm³/mol. The zero-order chi connectivity index (χ0) is 23.6. The second-order valence-corrected chi connectivity index (χ2v) is 9.84. The number of benzene rings is 2. The van der Waals surface area contributed by atoms with Gasteiger partial charge in [-0.2, -0.15) is 0 Å². The first-order valence-electron chi connectivity index (χ1n) is 10.5. The van der Waals surface area contributed by atoms with Gasteiger partial charge in [0.1, 0.15) is 5.75 Å². The number of hydrogen-bond donors (Lipinski definition) is 2. The van der Waals surface area contributed by atoms with Gasteiger partial charge in [0.25, 0.3) is 5.56 Å². The molecule has 2 aromatic carbocycles. The van der Waals surface area contributed by atoms with Crippen molar-refractivity contribution in [1.82, 2.24) is 4.98 Å². The molecular weight excluding hydrogens is 440 g/mol. The van der Waals surface area contributed by atoms with Crippen LogP contribution < -0.4 is 15.0 Å². The summed E-state index contributed by atoms with van der Waals surface area (Å²) in [6.45, 7) is 0. The molecule has 1 heterocycles. The number of nitrogens with one attached hydrogen (secondary N) is 2. The number of pyridine rings is 1. The third-order valence-electron chi connectivity index (χ3n) is 5.71. The van der Waals surface area contributed by atoms with Crippen molar-refractivity contribution in [2.45, 2.75) is 18.4 Å². The van der Waals surface area contributed by atoms with Gasteiger partial charge in [0.2, 0.25) is 10.0 Å². The molecule has 3 aromatic rings. The maximum atomic E-state index is 12.5. The van der Waals surface area contributed by atoms with Gasteiger partial charge in [-0.1, -0.05) is 24.3 Å². The topological polar surface area (TPSA) is 97.5 Å². The van der Waals surface area contributed by atoms with Crippen molar-refractivity contribution < 1.29 is 17.9 Å². The highest BCUT2D eigenvalue weighted by Crippen LogP contribution is 2.53. The molecule has 0 spiro atoms. The van der Waals surface area contributed by atoms with E-state index in [1.165, 1.54) is 0 Å². The lowest BCUT2D eigenvalue weighted by molar-refractivity contribution is 0.0766. The number of ether oxygens (including phenoxy) is 2. The zero-order valence-electron chi connectivity index (χ0n) is 18.7. The van der Waals surface area contributed by atoms with Gasteiger partial charge < -0.3 is 14.5 Å². The molecule has 0 radical (unpaired) electrons. The SMILES string of the molecule is COc1c(C=Cc2ccc(NS(C)(=O)=O)cc2)cc(-c2ccc[nH]c2=O)cc1C1(OC)CC1. The summed E-state index contributed by atoms with van der Waals surface area (Å²) in [6, 6.07) is 14.5. The molecule has 1 aliphatic rings. The highest BCUT2D eigenvalue weighted by molar-refractivity contribution is 7.92. The molecule has 4 rings (SSSR count). The summed E-state index contributed by atoms with van der Waals surface area (Å²) in [4.78, 5) is 15.2. The molecule has 0 atom stereocenters. The first kappa shape index (κ1) is 22.8. The molecule has 7 nitrogen and oxygen atoms in total. The van der Waals surface area contributed by atoms with Crippen molar-refractivity contribution in [1.29, 1.82) is 0 Å². The van der Waals surface area contributed by atoms with Crippen LogP contribution >= 0.6 is 0 Å². The van der Waals surface area contributed by atoms with Crippen LogP contribution in [0, 0.1) is 0 Å². The smallest absolute Gasteiger partial charge is 0.255 e. The first-order valence-corrected chi connectivity index (χ1v) is 12.4. The molecule has 1 fully saturated rings. The number of rotatable bonds is 8. The number of anilines is 1. The molecule has 8 heteroatoms. The molecule has 0 amide bonds. The molecule has 0 aliphatic heterocycles. The molecule has 172 valence electrons. The average Bonchev–Trinajstić information content (AvgIpc) is 3.58. The molecule has 33 heavy (non-hydrogen) atoms. The minimum absolute atomic E-state index is 0.167. The van der Waals surface area contributed by atoms with Crippen LogP contribution in [-0.4, -0.2) is 33.9 Å². The highest BCUT2D eigenvalue weighted by Gasteiger charge is 2.47. The van der Waals surface area contributed by atoms with Crippen molar-refractivity contribution >= 4 is 27.9 Å². The third kappa shape index (κ3) is 5.02. The van der Waals surface area contributed by atoms with Gasteiger partial charge in [-0.15, -0.1) is 0 Å². The first-order chi connectivity index (χ1) is 15.7. The van der Waals surface area contributed by atoms with Crippen LogP contribution in [-0.2, 0) is 20.4 Å². The summed E-state index contributed by atoms with van der Waals surface area (Å²) >= 11 is 0. The van der Waals surface area contributed by atoms with Crippen molar-refractivity contribution in [2.75, 3.05) is 25.2 Å². The fourth-order valence-corrected chi connectivity index (χ4v) is 4.47. The Bertz CT molecular complexity index is 1350. The number of aromatic amines is 1. The van der Waals surface area contributed by atoms with Crippen LogP contribution in [0.25, 0.3) is 23.3 Å². The van der Waals surface area contributed by atoms with Gasteiger partial charge >= 0.3 is 0 Å². The Kier molecular flexibility index (Phi) is 6.14. The molecule has 1 aliphatic carbocycles. The number of aromatic nitrogens is 1. The van der Waals surface area contributed by atoms with Gasteiger partial charge in [0.15, 0.2) is 0 Å². The van der Waals surface area contributed by atoms with E-state index in [9.17, 15) is 13.2 Å². The Morgan fingerprint density at radius 2 is 1.79 bits per heavy atom. The molecule has 1 aromatic heterocycles. The Morgan fingerprint density at radius 3 is 2.36 bits per heavy atom. The minimum Gasteiger partial charge on any atom is -0.496 e. The van der Waals surface area contributed by atoms with Gasteiger partial charge in [-0.05, 0) is 60.4 Å². The minimum atomic E-state index is -3.33. The lowest BCUT2D eigenvalue weighted by Crippen LogP contribution is -2.13.